The first kappa shape index (κ1) is 17.9. The van der Waals surface area contributed by atoms with Crippen molar-refractivity contribution in [2.45, 2.75) is 51.5 Å². The van der Waals surface area contributed by atoms with Gasteiger partial charge in [-0.1, -0.05) is 31.6 Å². The molecule has 26 heavy (non-hydrogen) atoms. The van der Waals surface area contributed by atoms with Gasteiger partial charge in [0.25, 0.3) is 0 Å². The fourth-order valence-corrected chi connectivity index (χ4v) is 4.91. The van der Waals surface area contributed by atoms with Gasteiger partial charge in [-0.05, 0) is 25.9 Å². The monoisotopic (exact) mass is 377 g/mol. The van der Waals surface area contributed by atoms with Gasteiger partial charge < -0.3 is 4.90 Å². The molecule has 3 fully saturated rings. The standard InChI is InChI=1S/C18H27N5O2S/c1-12(2)16-19-20-18(26-16)23-9-13(8-15(23)24)17(25)22-10-14(11-22)21-6-4-3-5-7-21/h12-14H,3-11H2,1-2H3. The van der Waals surface area contributed by atoms with Gasteiger partial charge in [0.15, 0.2) is 0 Å². The quantitative estimate of drug-likeness (QED) is 0.799. The maximum Gasteiger partial charge on any atom is 0.229 e. The highest BCUT2D eigenvalue weighted by Crippen LogP contribution is 2.32. The molecular formula is C18H27N5O2S. The predicted molar refractivity (Wildman–Crippen MR) is 100 cm³/mol. The predicted octanol–water partition coefficient (Wildman–Crippen LogP) is 1.71. The van der Waals surface area contributed by atoms with Gasteiger partial charge in [0.2, 0.25) is 16.9 Å². The minimum Gasteiger partial charge on any atom is -0.339 e. The summed E-state index contributed by atoms with van der Waals surface area (Å²) in [6, 6.07) is 0.518. The molecule has 0 aliphatic carbocycles. The molecule has 1 unspecified atom stereocenters. The van der Waals surface area contributed by atoms with Crippen LogP contribution in [0.5, 0.6) is 0 Å². The average molecular weight is 378 g/mol. The number of anilines is 1. The number of carbonyl (C=O) groups excluding carboxylic acids is 2. The molecule has 4 heterocycles. The topological polar surface area (TPSA) is 69.6 Å². The fourth-order valence-electron chi connectivity index (χ4n) is 4.03. The zero-order valence-electron chi connectivity index (χ0n) is 15.6. The van der Waals surface area contributed by atoms with Gasteiger partial charge in [0.1, 0.15) is 5.01 Å². The third-order valence-electron chi connectivity index (χ3n) is 5.71. The van der Waals surface area contributed by atoms with Crippen molar-refractivity contribution in [2.75, 3.05) is 37.6 Å². The summed E-state index contributed by atoms with van der Waals surface area (Å²) in [5.41, 5.74) is 0. The van der Waals surface area contributed by atoms with E-state index in [0.29, 0.717) is 30.1 Å². The van der Waals surface area contributed by atoms with Crippen molar-refractivity contribution in [1.82, 2.24) is 20.0 Å². The van der Waals surface area contributed by atoms with Crippen LogP contribution in [-0.2, 0) is 9.59 Å². The Hall–Kier alpha value is -1.54. The number of aromatic nitrogens is 2. The molecule has 0 N–H and O–H groups in total. The minimum atomic E-state index is -0.240. The molecule has 0 radical (unpaired) electrons. The highest BCUT2D eigenvalue weighted by Gasteiger charge is 2.43. The molecule has 0 bridgehead atoms. The van der Waals surface area contributed by atoms with Crippen LogP contribution in [0, 0.1) is 5.92 Å². The summed E-state index contributed by atoms with van der Waals surface area (Å²) in [7, 11) is 0. The molecule has 3 aliphatic rings. The molecule has 3 aliphatic heterocycles. The minimum absolute atomic E-state index is 0.0112. The van der Waals surface area contributed by atoms with Crippen molar-refractivity contribution in [2.24, 2.45) is 5.92 Å². The lowest BCUT2D eigenvalue weighted by Gasteiger charge is -2.47. The Kier molecular flexibility index (Phi) is 4.96. The summed E-state index contributed by atoms with van der Waals surface area (Å²) >= 11 is 1.45. The summed E-state index contributed by atoms with van der Waals surface area (Å²) in [6.45, 7) is 8.53. The van der Waals surface area contributed by atoms with Crippen LogP contribution in [0.1, 0.15) is 50.5 Å². The van der Waals surface area contributed by atoms with E-state index in [2.05, 4.69) is 28.9 Å². The van der Waals surface area contributed by atoms with Crippen LogP contribution in [0.25, 0.3) is 0 Å². The molecule has 8 heteroatoms. The number of hydrogen-bond acceptors (Lipinski definition) is 6. The molecule has 142 valence electrons. The Morgan fingerprint density at radius 3 is 2.50 bits per heavy atom. The normalized spacial score (nSPS) is 25.2. The third kappa shape index (κ3) is 3.36. The molecule has 1 aromatic heterocycles. The van der Waals surface area contributed by atoms with Gasteiger partial charge in [-0.2, -0.15) is 0 Å². The first-order valence-corrected chi connectivity index (χ1v) is 10.5. The molecule has 0 aromatic carbocycles. The van der Waals surface area contributed by atoms with Crippen LogP contribution < -0.4 is 4.90 Å². The number of carbonyl (C=O) groups is 2. The zero-order valence-corrected chi connectivity index (χ0v) is 16.4. The van der Waals surface area contributed by atoms with E-state index in [1.807, 2.05) is 4.90 Å². The summed E-state index contributed by atoms with van der Waals surface area (Å²) in [5, 5.41) is 9.87. The summed E-state index contributed by atoms with van der Waals surface area (Å²) < 4.78 is 0. The van der Waals surface area contributed by atoms with Gasteiger partial charge in [0.05, 0.1) is 5.92 Å². The maximum atomic E-state index is 12.8. The van der Waals surface area contributed by atoms with Crippen LogP contribution in [0.2, 0.25) is 0 Å². The van der Waals surface area contributed by atoms with E-state index in [-0.39, 0.29) is 17.7 Å². The van der Waals surface area contributed by atoms with E-state index >= 15 is 0 Å². The molecule has 1 atom stereocenters. The van der Waals surface area contributed by atoms with Gasteiger partial charge >= 0.3 is 0 Å². The lowest BCUT2D eigenvalue weighted by atomic mass is 9.99. The van der Waals surface area contributed by atoms with Crippen molar-refractivity contribution >= 4 is 28.3 Å². The van der Waals surface area contributed by atoms with Crippen molar-refractivity contribution in [3.8, 4) is 0 Å². The van der Waals surface area contributed by atoms with E-state index in [4.69, 9.17) is 0 Å². The second-order valence-corrected chi connectivity index (χ2v) is 8.96. The lowest BCUT2D eigenvalue weighted by Crippen LogP contribution is -2.62. The van der Waals surface area contributed by atoms with E-state index in [1.165, 1.54) is 30.6 Å². The Morgan fingerprint density at radius 1 is 1.12 bits per heavy atom. The number of amides is 2. The van der Waals surface area contributed by atoms with Crippen molar-refractivity contribution in [1.29, 1.82) is 0 Å². The molecule has 4 rings (SSSR count). The molecule has 3 saturated heterocycles. The second kappa shape index (κ2) is 7.23. The number of nitrogens with zero attached hydrogens (tertiary/aromatic N) is 5. The molecule has 2 amide bonds. The third-order valence-corrected chi connectivity index (χ3v) is 6.96. The van der Waals surface area contributed by atoms with Gasteiger partial charge in [-0.15, -0.1) is 10.2 Å². The fraction of sp³-hybridized carbons (Fsp3) is 0.778. The highest BCUT2D eigenvalue weighted by atomic mass is 32.1. The Bertz CT molecular complexity index is 679. The molecule has 1 aromatic rings. The van der Waals surface area contributed by atoms with Crippen LogP contribution in [0.3, 0.4) is 0 Å². The van der Waals surface area contributed by atoms with E-state index in [9.17, 15) is 9.59 Å². The SMILES string of the molecule is CC(C)c1nnc(N2CC(C(=O)N3CC(N4CCCCC4)C3)CC2=O)s1. The van der Waals surface area contributed by atoms with Crippen LogP contribution in [-0.4, -0.2) is 70.6 Å². The van der Waals surface area contributed by atoms with E-state index in [1.54, 1.807) is 4.90 Å². The number of likely N-dealkylation sites (tertiary alicyclic amines) is 2. The second-order valence-electron chi connectivity index (χ2n) is 7.98. The molecule has 7 nitrogen and oxygen atoms in total. The van der Waals surface area contributed by atoms with Crippen molar-refractivity contribution in [3.05, 3.63) is 5.01 Å². The van der Waals surface area contributed by atoms with Crippen LogP contribution >= 0.6 is 11.3 Å². The summed E-state index contributed by atoms with van der Waals surface area (Å²) in [5.74, 6) is 0.172. The van der Waals surface area contributed by atoms with Gasteiger partial charge in [-0.25, -0.2) is 0 Å². The number of hydrogen-bond donors (Lipinski definition) is 0. The van der Waals surface area contributed by atoms with Gasteiger partial charge in [-0.3, -0.25) is 19.4 Å². The summed E-state index contributed by atoms with van der Waals surface area (Å²) in [4.78, 5) is 31.3. The summed E-state index contributed by atoms with van der Waals surface area (Å²) in [6.07, 6.45) is 4.17. The molecular weight excluding hydrogens is 350 g/mol. The first-order chi connectivity index (χ1) is 12.5. The van der Waals surface area contributed by atoms with Gasteiger partial charge in [0, 0.05) is 38.0 Å². The maximum absolute atomic E-state index is 12.8. The Balaban J connectivity index is 1.33. The van der Waals surface area contributed by atoms with Crippen molar-refractivity contribution < 1.29 is 9.59 Å². The molecule has 0 saturated carbocycles. The first-order valence-electron chi connectivity index (χ1n) is 9.69. The largest absolute Gasteiger partial charge is 0.339 e. The number of piperidine rings is 1. The van der Waals surface area contributed by atoms with E-state index in [0.717, 1.165) is 31.2 Å². The zero-order chi connectivity index (χ0) is 18.3. The van der Waals surface area contributed by atoms with Crippen LogP contribution in [0.4, 0.5) is 5.13 Å². The smallest absolute Gasteiger partial charge is 0.229 e. The molecule has 0 spiro atoms. The van der Waals surface area contributed by atoms with E-state index < -0.39 is 0 Å². The lowest BCUT2D eigenvalue weighted by molar-refractivity contribution is -0.143. The Labute approximate surface area is 158 Å². The number of rotatable bonds is 4. The Morgan fingerprint density at radius 2 is 1.85 bits per heavy atom. The average Bonchev–Trinajstić information content (AvgIpc) is 3.21. The van der Waals surface area contributed by atoms with Crippen LogP contribution in [0.15, 0.2) is 0 Å². The highest BCUT2D eigenvalue weighted by molar-refractivity contribution is 7.15. The van der Waals surface area contributed by atoms with Crippen molar-refractivity contribution in [3.63, 3.8) is 0 Å².